The number of aliphatic carboxylic acids is 1. The number of ether oxygens (including phenoxy) is 2. The van der Waals surface area contributed by atoms with E-state index in [1.54, 1.807) is 24.3 Å². The van der Waals surface area contributed by atoms with E-state index in [0.717, 1.165) is 0 Å². The molecule has 2 rings (SSSR count). The van der Waals surface area contributed by atoms with Crippen molar-refractivity contribution in [1.29, 1.82) is 0 Å². The quantitative estimate of drug-likeness (QED) is 0.851. The summed E-state index contributed by atoms with van der Waals surface area (Å²) in [5.41, 5.74) is 0.662. The van der Waals surface area contributed by atoms with Crippen LogP contribution in [0.4, 0.5) is 4.39 Å². The van der Waals surface area contributed by atoms with E-state index in [0.29, 0.717) is 23.5 Å². The lowest BCUT2D eigenvalue weighted by molar-refractivity contribution is -0.139. The van der Waals surface area contributed by atoms with Crippen molar-refractivity contribution < 1.29 is 23.8 Å². The molecule has 0 aromatic heterocycles. The Kier molecular flexibility index (Phi) is 5.36. The third-order valence-corrected chi connectivity index (χ3v) is 3.28. The molecular weight excluding hydrogens is 287 g/mol. The van der Waals surface area contributed by atoms with Gasteiger partial charge in [-0.15, -0.1) is 0 Å². The smallest absolute Gasteiger partial charge is 0.311 e. The predicted molar refractivity (Wildman–Crippen MR) is 79.9 cm³/mol. The summed E-state index contributed by atoms with van der Waals surface area (Å²) >= 11 is 0. The van der Waals surface area contributed by atoms with Gasteiger partial charge in [0.1, 0.15) is 17.3 Å². The van der Waals surface area contributed by atoms with Gasteiger partial charge in [-0.1, -0.05) is 12.1 Å². The van der Waals surface area contributed by atoms with E-state index in [1.165, 1.54) is 31.4 Å². The summed E-state index contributed by atoms with van der Waals surface area (Å²) in [6.07, 6.45) is 0.305. The van der Waals surface area contributed by atoms with Gasteiger partial charge in [-0.05, 0) is 48.4 Å². The molecule has 116 valence electrons. The van der Waals surface area contributed by atoms with Crippen LogP contribution < -0.4 is 9.47 Å². The molecule has 2 aromatic carbocycles. The molecule has 0 aliphatic heterocycles. The van der Waals surface area contributed by atoms with Gasteiger partial charge in [0, 0.05) is 0 Å². The Hall–Kier alpha value is -2.56. The van der Waals surface area contributed by atoms with Crippen molar-refractivity contribution in [2.24, 2.45) is 0 Å². The summed E-state index contributed by atoms with van der Waals surface area (Å²) in [4.78, 5) is 11.4. The number of methoxy groups -OCH3 is 1. The van der Waals surface area contributed by atoms with E-state index < -0.39 is 11.9 Å². The second-order valence-electron chi connectivity index (χ2n) is 4.76. The van der Waals surface area contributed by atoms with Crippen molar-refractivity contribution in [3.05, 3.63) is 59.9 Å². The standard InChI is InChI=1S/C17H17FO4/c1-21-15-4-2-3-12(11-15)16(17(19)20)9-10-22-14-7-5-13(18)6-8-14/h2-8,11,16H,9-10H2,1H3,(H,19,20). The van der Waals surface area contributed by atoms with Crippen molar-refractivity contribution in [1.82, 2.24) is 0 Å². The van der Waals surface area contributed by atoms with Crippen LogP contribution in [0.5, 0.6) is 11.5 Å². The Bertz CT molecular complexity index is 625. The Labute approximate surface area is 128 Å². The van der Waals surface area contributed by atoms with E-state index in [-0.39, 0.29) is 12.4 Å². The molecule has 1 atom stereocenters. The van der Waals surface area contributed by atoms with Gasteiger partial charge in [-0.3, -0.25) is 4.79 Å². The fourth-order valence-electron chi connectivity index (χ4n) is 2.12. The largest absolute Gasteiger partial charge is 0.497 e. The zero-order valence-corrected chi connectivity index (χ0v) is 12.2. The molecule has 0 saturated carbocycles. The average Bonchev–Trinajstić information content (AvgIpc) is 2.53. The molecule has 0 saturated heterocycles. The molecule has 1 unspecified atom stereocenters. The van der Waals surface area contributed by atoms with Gasteiger partial charge in [0.25, 0.3) is 0 Å². The lowest BCUT2D eigenvalue weighted by Gasteiger charge is -2.14. The Morgan fingerprint density at radius 2 is 1.91 bits per heavy atom. The first-order valence-corrected chi connectivity index (χ1v) is 6.85. The number of benzene rings is 2. The summed E-state index contributed by atoms with van der Waals surface area (Å²) in [5.74, 6) is -0.821. The van der Waals surface area contributed by atoms with E-state index in [2.05, 4.69) is 0 Å². The highest BCUT2D eigenvalue weighted by molar-refractivity contribution is 5.76. The third-order valence-electron chi connectivity index (χ3n) is 3.28. The summed E-state index contributed by atoms with van der Waals surface area (Å²) in [5, 5.41) is 9.38. The number of halogens is 1. The van der Waals surface area contributed by atoms with Crippen molar-refractivity contribution in [3.8, 4) is 11.5 Å². The molecule has 0 fully saturated rings. The molecule has 1 N–H and O–H groups in total. The summed E-state index contributed by atoms with van der Waals surface area (Å²) < 4.78 is 23.4. The molecule has 0 amide bonds. The van der Waals surface area contributed by atoms with Gasteiger partial charge in [0.05, 0.1) is 19.6 Å². The molecule has 2 aromatic rings. The molecule has 0 heterocycles. The minimum Gasteiger partial charge on any atom is -0.497 e. The van der Waals surface area contributed by atoms with Crippen LogP contribution in [0.15, 0.2) is 48.5 Å². The minimum absolute atomic E-state index is 0.222. The fraction of sp³-hybridized carbons (Fsp3) is 0.235. The fourth-order valence-corrected chi connectivity index (χ4v) is 2.12. The minimum atomic E-state index is -0.920. The van der Waals surface area contributed by atoms with Crippen LogP contribution in [-0.4, -0.2) is 24.8 Å². The predicted octanol–water partition coefficient (Wildman–Crippen LogP) is 3.47. The van der Waals surface area contributed by atoms with Crippen LogP contribution in [-0.2, 0) is 4.79 Å². The van der Waals surface area contributed by atoms with Crippen LogP contribution >= 0.6 is 0 Å². The van der Waals surface area contributed by atoms with Gasteiger partial charge in [0.2, 0.25) is 0 Å². The molecule has 0 aliphatic rings. The molecule has 4 nitrogen and oxygen atoms in total. The van der Waals surface area contributed by atoms with Crippen LogP contribution in [0, 0.1) is 5.82 Å². The Morgan fingerprint density at radius 1 is 1.18 bits per heavy atom. The average molecular weight is 304 g/mol. The summed E-state index contributed by atoms with van der Waals surface area (Å²) in [6.45, 7) is 0.222. The topological polar surface area (TPSA) is 55.8 Å². The highest BCUT2D eigenvalue weighted by Gasteiger charge is 2.20. The van der Waals surface area contributed by atoms with Crippen LogP contribution in [0.2, 0.25) is 0 Å². The van der Waals surface area contributed by atoms with Gasteiger partial charge in [0.15, 0.2) is 0 Å². The van der Waals surface area contributed by atoms with Gasteiger partial charge >= 0.3 is 5.97 Å². The van der Waals surface area contributed by atoms with Crippen LogP contribution in [0.3, 0.4) is 0 Å². The first kappa shape index (κ1) is 15.8. The highest BCUT2D eigenvalue weighted by atomic mass is 19.1. The summed E-state index contributed by atoms with van der Waals surface area (Å²) in [6, 6.07) is 12.6. The first-order valence-electron chi connectivity index (χ1n) is 6.85. The molecule has 22 heavy (non-hydrogen) atoms. The number of carboxylic acids is 1. The SMILES string of the molecule is COc1cccc(C(CCOc2ccc(F)cc2)C(=O)O)c1. The first-order chi connectivity index (χ1) is 10.6. The highest BCUT2D eigenvalue weighted by Crippen LogP contribution is 2.24. The number of hydrogen-bond donors (Lipinski definition) is 1. The Morgan fingerprint density at radius 3 is 2.55 bits per heavy atom. The second-order valence-corrected chi connectivity index (χ2v) is 4.76. The summed E-state index contributed by atoms with van der Waals surface area (Å²) in [7, 11) is 1.53. The van der Waals surface area contributed by atoms with Crippen molar-refractivity contribution in [2.45, 2.75) is 12.3 Å². The molecule has 0 aliphatic carbocycles. The van der Waals surface area contributed by atoms with Gasteiger partial charge < -0.3 is 14.6 Å². The maximum atomic E-state index is 12.8. The normalized spacial score (nSPS) is 11.7. The maximum absolute atomic E-state index is 12.8. The van der Waals surface area contributed by atoms with Crippen molar-refractivity contribution in [2.75, 3.05) is 13.7 Å². The van der Waals surface area contributed by atoms with E-state index in [9.17, 15) is 14.3 Å². The number of carbonyl (C=O) groups is 1. The van der Waals surface area contributed by atoms with Crippen LogP contribution in [0.25, 0.3) is 0 Å². The molecule has 0 bridgehead atoms. The van der Waals surface area contributed by atoms with Crippen LogP contribution in [0.1, 0.15) is 17.9 Å². The number of carboxylic acid groups (broad SMARTS) is 1. The lowest BCUT2D eigenvalue weighted by atomic mass is 9.96. The zero-order chi connectivity index (χ0) is 15.9. The molecule has 5 heteroatoms. The van der Waals surface area contributed by atoms with E-state index in [1.807, 2.05) is 0 Å². The monoisotopic (exact) mass is 304 g/mol. The second kappa shape index (κ2) is 7.45. The van der Waals surface area contributed by atoms with E-state index in [4.69, 9.17) is 9.47 Å². The third kappa shape index (κ3) is 4.22. The van der Waals surface area contributed by atoms with E-state index >= 15 is 0 Å². The Balaban J connectivity index is 1.99. The molecule has 0 spiro atoms. The molecule has 0 radical (unpaired) electrons. The van der Waals surface area contributed by atoms with Crippen molar-refractivity contribution in [3.63, 3.8) is 0 Å². The zero-order valence-electron chi connectivity index (χ0n) is 12.2. The number of hydrogen-bond acceptors (Lipinski definition) is 3. The van der Waals surface area contributed by atoms with Gasteiger partial charge in [-0.2, -0.15) is 0 Å². The maximum Gasteiger partial charge on any atom is 0.311 e. The lowest BCUT2D eigenvalue weighted by Crippen LogP contribution is -2.15. The number of rotatable bonds is 7. The van der Waals surface area contributed by atoms with Gasteiger partial charge in [-0.25, -0.2) is 4.39 Å². The molecular formula is C17H17FO4. The van der Waals surface area contributed by atoms with Crippen molar-refractivity contribution >= 4 is 5.97 Å².